The van der Waals surface area contributed by atoms with E-state index in [9.17, 15) is 0 Å². The van der Waals surface area contributed by atoms with E-state index in [-0.39, 0.29) is 5.41 Å². The number of hydrogen-bond acceptors (Lipinski definition) is 1. The van der Waals surface area contributed by atoms with Crippen LogP contribution in [0.15, 0.2) is 120 Å². The fourth-order valence-electron chi connectivity index (χ4n) is 3.61. The number of ether oxygens (including phenoxy) is 1. The van der Waals surface area contributed by atoms with Gasteiger partial charge in [-0.15, -0.1) is 0 Å². The highest BCUT2D eigenvalue weighted by Crippen LogP contribution is 2.33. The first kappa shape index (κ1) is 22.0. The number of benzene rings is 4. The predicted octanol–water partition coefficient (Wildman–Crippen LogP) is 6.18. The standard InChI is InChI=1S/C18H15P.C10H11BrO/c1-4-10-16(11-5-1)19(17-12-6-2-7-13-17)18-14-8-3-9-15-18;1-10(6-12-7-10)8-2-4-9(11)5-3-8/h1-15H;2-5H,6-7H2,1H3. The Morgan fingerprint density at radius 1 is 0.613 bits per heavy atom. The molecule has 0 bridgehead atoms. The van der Waals surface area contributed by atoms with Crippen LogP contribution in [0.4, 0.5) is 0 Å². The Morgan fingerprint density at radius 2 is 1.00 bits per heavy atom. The van der Waals surface area contributed by atoms with E-state index in [2.05, 4.69) is 138 Å². The highest BCUT2D eigenvalue weighted by Gasteiger charge is 2.34. The lowest BCUT2D eigenvalue weighted by molar-refractivity contribution is -0.0500. The molecule has 0 saturated carbocycles. The molecule has 5 rings (SSSR count). The van der Waals surface area contributed by atoms with Gasteiger partial charge in [0.15, 0.2) is 0 Å². The van der Waals surface area contributed by atoms with Crippen LogP contribution in [0.1, 0.15) is 12.5 Å². The second-order valence-electron chi connectivity index (χ2n) is 7.90. The molecule has 1 nitrogen and oxygen atoms in total. The van der Waals surface area contributed by atoms with Crippen LogP contribution in [0.5, 0.6) is 0 Å². The van der Waals surface area contributed by atoms with E-state index in [1.165, 1.54) is 21.5 Å². The lowest BCUT2D eigenvalue weighted by Gasteiger charge is -2.38. The summed E-state index contributed by atoms with van der Waals surface area (Å²) in [6.07, 6.45) is 0. The van der Waals surface area contributed by atoms with Crippen molar-refractivity contribution in [1.29, 1.82) is 0 Å². The zero-order valence-electron chi connectivity index (χ0n) is 17.6. The summed E-state index contributed by atoms with van der Waals surface area (Å²) in [6, 6.07) is 40.8. The summed E-state index contributed by atoms with van der Waals surface area (Å²) < 4.78 is 6.35. The van der Waals surface area contributed by atoms with Gasteiger partial charge in [-0.2, -0.15) is 0 Å². The molecular weight excluding hydrogens is 463 g/mol. The summed E-state index contributed by atoms with van der Waals surface area (Å²) in [4.78, 5) is 0. The molecule has 0 aromatic heterocycles. The van der Waals surface area contributed by atoms with Crippen molar-refractivity contribution in [3.05, 3.63) is 125 Å². The molecule has 1 aliphatic rings. The van der Waals surface area contributed by atoms with E-state index in [0.717, 1.165) is 17.7 Å². The van der Waals surface area contributed by atoms with Gasteiger partial charge < -0.3 is 4.74 Å². The molecule has 4 aromatic rings. The minimum atomic E-state index is -0.446. The number of hydrogen-bond donors (Lipinski definition) is 0. The average molecular weight is 489 g/mol. The van der Waals surface area contributed by atoms with Crippen molar-refractivity contribution in [1.82, 2.24) is 0 Å². The molecule has 0 N–H and O–H groups in total. The van der Waals surface area contributed by atoms with Crippen LogP contribution in [0.2, 0.25) is 0 Å². The molecule has 0 radical (unpaired) electrons. The summed E-state index contributed by atoms with van der Waals surface area (Å²) in [5.74, 6) is 0. The Balaban J connectivity index is 0.000000166. The third-order valence-corrected chi connectivity index (χ3v) is 8.40. The SMILES string of the molecule is CC1(c2ccc(Br)cc2)COC1.c1ccc(P(c2ccccc2)c2ccccc2)cc1. The van der Waals surface area contributed by atoms with Gasteiger partial charge in [0.05, 0.1) is 13.2 Å². The second-order valence-corrected chi connectivity index (χ2v) is 11.0. The van der Waals surface area contributed by atoms with Gasteiger partial charge >= 0.3 is 0 Å². The van der Waals surface area contributed by atoms with Gasteiger partial charge in [0.25, 0.3) is 0 Å². The Bertz CT molecular complexity index is 968. The first-order chi connectivity index (χ1) is 15.2. The van der Waals surface area contributed by atoms with Crippen LogP contribution in [-0.2, 0) is 10.2 Å². The van der Waals surface area contributed by atoms with Crippen molar-refractivity contribution in [2.75, 3.05) is 13.2 Å². The van der Waals surface area contributed by atoms with Crippen molar-refractivity contribution in [3.8, 4) is 0 Å². The first-order valence-electron chi connectivity index (χ1n) is 10.4. The molecule has 0 aliphatic carbocycles. The summed E-state index contributed by atoms with van der Waals surface area (Å²) in [7, 11) is -0.446. The maximum atomic E-state index is 5.21. The van der Waals surface area contributed by atoms with Crippen LogP contribution in [0.3, 0.4) is 0 Å². The lowest BCUT2D eigenvalue weighted by atomic mass is 9.81. The Morgan fingerprint density at radius 3 is 1.32 bits per heavy atom. The minimum absolute atomic E-state index is 0.265. The molecule has 0 unspecified atom stereocenters. The van der Waals surface area contributed by atoms with Crippen LogP contribution in [-0.4, -0.2) is 13.2 Å². The fourth-order valence-corrected chi connectivity index (χ4v) is 6.18. The van der Waals surface area contributed by atoms with Gasteiger partial charge in [0, 0.05) is 9.89 Å². The second kappa shape index (κ2) is 10.4. The molecule has 156 valence electrons. The Kier molecular flexibility index (Phi) is 7.35. The third kappa shape index (κ3) is 5.52. The largest absolute Gasteiger partial charge is 0.379 e. The zero-order valence-corrected chi connectivity index (χ0v) is 20.1. The molecule has 0 atom stereocenters. The molecule has 0 spiro atoms. The Hall–Kier alpha value is -2.25. The third-order valence-electron chi connectivity index (χ3n) is 5.43. The van der Waals surface area contributed by atoms with Crippen LogP contribution in [0.25, 0.3) is 0 Å². The van der Waals surface area contributed by atoms with E-state index in [1.54, 1.807) is 0 Å². The first-order valence-corrected chi connectivity index (χ1v) is 12.6. The van der Waals surface area contributed by atoms with E-state index in [0.29, 0.717) is 0 Å². The summed E-state index contributed by atoms with van der Waals surface area (Å²) in [5.41, 5.74) is 1.64. The molecular formula is C28H26BrOP. The molecule has 1 aliphatic heterocycles. The summed E-state index contributed by atoms with van der Waals surface area (Å²) >= 11 is 3.42. The smallest absolute Gasteiger partial charge is 0.0582 e. The normalized spacial score (nSPS) is 14.3. The average Bonchev–Trinajstić information content (AvgIpc) is 2.81. The van der Waals surface area contributed by atoms with Crippen molar-refractivity contribution in [3.63, 3.8) is 0 Å². The van der Waals surface area contributed by atoms with E-state index in [4.69, 9.17) is 4.74 Å². The fraction of sp³-hybridized carbons (Fsp3) is 0.143. The van der Waals surface area contributed by atoms with Crippen molar-refractivity contribution < 1.29 is 4.74 Å². The van der Waals surface area contributed by atoms with Gasteiger partial charge in [0.1, 0.15) is 0 Å². The summed E-state index contributed by atoms with van der Waals surface area (Å²) in [5, 5.41) is 4.19. The van der Waals surface area contributed by atoms with E-state index >= 15 is 0 Å². The number of halogens is 1. The van der Waals surface area contributed by atoms with Crippen LogP contribution < -0.4 is 15.9 Å². The van der Waals surface area contributed by atoms with Crippen molar-refractivity contribution >= 4 is 39.8 Å². The van der Waals surface area contributed by atoms with Crippen LogP contribution in [0, 0.1) is 0 Å². The summed E-state index contributed by atoms with van der Waals surface area (Å²) in [6.45, 7) is 3.95. The molecule has 1 saturated heterocycles. The monoisotopic (exact) mass is 488 g/mol. The van der Waals surface area contributed by atoms with E-state index < -0.39 is 7.92 Å². The van der Waals surface area contributed by atoms with Gasteiger partial charge in [0.2, 0.25) is 0 Å². The maximum absolute atomic E-state index is 5.21. The van der Waals surface area contributed by atoms with Crippen molar-refractivity contribution in [2.45, 2.75) is 12.3 Å². The highest BCUT2D eigenvalue weighted by atomic mass is 79.9. The number of rotatable bonds is 4. The zero-order chi connectivity index (χ0) is 21.5. The van der Waals surface area contributed by atoms with Gasteiger partial charge in [-0.05, 0) is 41.5 Å². The Labute approximate surface area is 195 Å². The molecule has 1 fully saturated rings. The molecule has 4 aromatic carbocycles. The molecule has 1 heterocycles. The molecule has 31 heavy (non-hydrogen) atoms. The van der Waals surface area contributed by atoms with Gasteiger partial charge in [-0.3, -0.25) is 0 Å². The van der Waals surface area contributed by atoms with Crippen LogP contribution >= 0.6 is 23.9 Å². The topological polar surface area (TPSA) is 9.23 Å². The van der Waals surface area contributed by atoms with E-state index in [1.807, 2.05) is 0 Å². The van der Waals surface area contributed by atoms with Gasteiger partial charge in [-0.25, -0.2) is 0 Å². The minimum Gasteiger partial charge on any atom is -0.379 e. The highest BCUT2D eigenvalue weighted by molar-refractivity contribution is 9.10. The molecule has 3 heteroatoms. The van der Waals surface area contributed by atoms with Crippen molar-refractivity contribution in [2.24, 2.45) is 0 Å². The van der Waals surface area contributed by atoms with Gasteiger partial charge in [-0.1, -0.05) is 126 Å². The predicted molar refractivity (Wildman–Crippen MR) is 137 cm³/mol. The molecule has 0 amide bonds. The quantitative estimate of drug-likeness (QED) is 0.311. The lowest BCUT2D eigenvalue weighted by Crippen LogP contribution is -2.43. The maximum Gasteiger partial charge on any atom is 0.0582 e.